The van der Waals surface area contributed by atoms with E-state index in [1.54, 1.807) is 11.8 Å². The lowest BCUT2D eigenvalue weighted by Gasteiger charge is -2.24. The summed E-state index contributed by atoms with van der Waals surface area (Å²) < 4.78 is 26.7. The second-order valence-electron chi connectivity index (χ2n) is 7.12. The molecule has 0 unspecified atom stereocenters. The maximum Gasteiger partial charge on any atom is 0.267 e. The third kappa shape index (κ3) is 6.32. The normalized spacial score (nSPS) is 16.1. The van der Waals surface area contributed by atoms with Crippen LogP contribution in [-0.2, 0) is 10.0 Å². The number of carbonyl (C=O) groups excluding carboxylic acids is 1. The monoisotopic (exact) mass is 401 g/mol. The Hall–Kier alpha value is -0.990. The number of unbranched alkanes of at least 4 members (excludes halogenated alkanes) is 3. The Morgan fingerprint density at radius 1 is 1.23 bits per heavy atom. The van der Waals surface area contributed by atoms with Gasteiger partial charge in [-0.05, 0) is 18.4 Å². The first-order valence-corrected chi connectivity index (χ1v) is 12.0. The highest BCUT2D eigenvalue weighted by molar-refractivity contribution is 7.99. The van der Waals surface area contributed by atoms with Crippen molar-refractivity contribution < 1.29 is 13.2 Å². The number of nitrogens with one attached hydrogen (secondary N) is 2. The molecule has 2 heterocycles. The lowest BCUT2D eigenvalue weighted by molar-refractivity contribution is 0.0948. The SMILES string of the molecule is CC(C)CCCCCCNC(=O)c1cc(S(=O)(=O)N2CCSCC2)c[nH]1. The van der Waals surface area contributed by atoms with Gasteiger partial charge in [0, 0.05) is 37.3 Å². The highest BCUT2D eigenvalue weighted by Crippen LogP contribution is 2.20. The fourth-order valence-electron chi connectivity index (χ4n) is 2.92. The van der Waals surface area contributed by atoms with E-state index in [1.807, 2.05) is 0 Å². The summed E-state index contributed by atoms with van der Waals surface area (Å²) in [4.78, 5) is 15.2. The Bertz CT molecular complexity index is 665. The molecule has 1 fully saturated rings. The van der Waals surface area contributed by atoms with Gasteiger partial charge in [0.2, 0.25) is 10.0 Å². The van der Waals surface area contributed by atoms with E-state index in [2.05, 4.69) is 24.1 Å². The van der Waals surface area contributed by atoms with Gasteiger partial charge in [0.05, 0.1) is 0 Å². The zero-order chi connectivity index (χ0) is 19.0. The molecule has 1 amide bonds. The molecule has 1 saturated heterocycles. The molecule has 1 aromatic heterocycles. The van der Waals surface area contributed by atoms with Gasteiger partial charge in [0.25, 0.3) is 5.91 Å². The van der Waals surface area contributed by atoms with Gasteiger partial charge in [-0.2, -0.15) is 16.1 Å². The van der Waals surface area contributed by atoms with E-state index in [9.17, 15) is 13.2 Å². The van der Waals surface area contributed by atoms with E-state index < -0.39 is 10.0 Å². The summed E-state index contributed by atoms with van der Waals surface area (Å²) in [7, 11) is -3.51. The maximum atomic E-state index is 12.6. The maximum absolute atomic E-state index is 12.6. The predicted molar refractivity (Wildman–Crippen MR) is 107 cm³/mol. The number of nitrogens with zero attached hydrogens (tertiary/aromatic N) is 1. The second-order valence-corrected chi connectivity index (χ2v) is 10.3. The van der Waals surface area contributed by atoms with Crippen LogP contribution < -0.4 is 5.32 Å². The molecular weight excluding hydrogens is 370 g/mol. The van der Waals surface area contributed by atoms with Crippen molar-refractivity contribution in [1.82, 2.24) is 14.6 Å². The van der Waals surface area contributed by atoms with Crippen LogP contribution in [0.4, 0.5) is 0 Å². The Morgan fingerprint density at radius 3 is 2.62 bits per heavy atom. The third-order valence-corrected chi connectivity index (χ3v) is 7.32. The molecule has 1 aromatic rings. The van der Waals surface area contributed by atoms with Gasteiger partial charge >= 0.3 is 0 Å². The lowest BCUT2D eigenvalue weighted by atomic mass is 10.0. The van der Waals surface area contributed by atoms with Crippen LogP contribution in [-0.4, -0.2) is 54.8 Å². The van der Waals surface area contributed by atoms with Crippen LogP contribution in [0.3, 0.4) is 0 Å². The number of sulfonamides is 1. The molecule has 1 aliphatic rings. The number of hydrogen-bond donors (Lipinski definition) is 2. The van der Waals surface area contributed by atoms with Crippen molar-refractivity contribution in [3.8, 4) is 0 Å². The molecule has 1 aliphatic heterocycles. The summed E-state index contributed by atoms with van der Waals surface area (Å²) in [5.74, 6) is 2.13. The first-order valence-electron chi connectivity index (χ1n) is 9.46. The summed E-state index contributed by atoms with van der Waals surface area (Å²) in [5.41, 5.74) is 0.301. The number of rotatable bonds is 10. The van der Waals surface area contributed by atoms with Crippen molar-refractivity contribution >= 4 is 27.7 Å². The fraction of sp³-hybridized carbons (Fsp3) is 0.722. The smallest absolute Gasteiger partial charge is 0.267 e. The number of hydrogen-bond acceptors (Lipinski definition) is 4. The van der Waals surface area contributed by atoms with E-state index in [0.29, 0.717) is 25.3 Å². The molecule has 6 nitrogen and oxygen atoms in total. The molecule has 148 valence electrons. The molecule has 0 atom stereocenters. The number of H-pyrrole nitrogens is 1. The van der Waals surface area contributed by atoms with Crippen molar-refractivity contribution in [3.05, 3.63) is 18.0 Å². The summed E-state index contributed by atoms with van der Waals surface area (Å²) >= 11 is 1.76. The molecule has 0 radical (unpaired) electrons. The first-order chi connectivity index (χ1) is 12.4. The minimum Gasteiger partial charge on any atom is -0.356 e. The van der Waals surface area contributed by atoms with Gasteiger partial charge in [0.15, 0.2) is 0 Å². The van der Waals surface area contributed by atoms with Gasteiger partial charge in [-0.3, -0.25) is 4.79 Å². The molecule has 0 saturated carbocycles. The van der Waals surface area contributed by atoms with Crippen LogP contribution in [0, 0.1) is 5.92 Å². The number of thioether (sulfide) groups is 1. The molecule has 26 heavy (non-hydrogen) atoms. The molecule has 2 rings (SSSR count). The molecule has 0 aliphatic carbocycles. The van der Waals surface area contributed by atoms with Gasteiger partial charge in [-0.15, -0.1) is 0 Å². The third-order valence-electron chi connectivity index (χ3n) is 4.50. The molecule has 0 aromatic carbocycles. The molecule has 8 heteroatoms. The topological polar surface area (TPSA) is 82.3 Å². The molecule has 0 spiro atoms. The Labute approximate surface area is 161 Å². The van der Waals surface area contributed by atoms with Crippen LogP contribution >= 0.6 is 11.8 Å². The van der Waals surface area contributed by atoms with E-state index in [1.165, 1.54) is 35.8 Å². The summed E-state index contributed by atoms with van der Waals surface area (Å²) in [6.45, 7) is 6.13. The van der Waals surface area contributed by atoms with E-state index in [0.717, 1.165) is 30.3 Å². The first kappa shape index (κ1) is 21.3. The molecule has 2 N–H and O–H groups in total. The lowest BCUT2D eigenvalue weighted by Crippen LogP contribution is -2.37. The number of carbonyl (C=O) groups is 1. The Morgan fingerprint density at radius 2 is 1.92 bits per heavy atom. The zero-order valence-electron chi connectivity index (χ0n) is 15.8. The average Bonchev–Trinajstić information content (AvgIpc) is 3.12. The Kier molecular flexibility index (Phi) is 8.50. The zero-order valence-corrected chi connectivity index (χ0v) is 17.4. The fourth-order valence-corrected chi connectivity index (χ4v) is 5.49. The quantitative estimate of drug-likeness (QED) is 0.590. The average molecular weight is 402 g/mol. The van der Waals surface area contributed by atoms with Gasteiger partial charge in [-0.1, -0.05) is 39.5 Å². The van der Waals surface area contributed by atoms with Crippen molar-refractivity contribution in [2.45, 2.75) is 50.8 Å². The van der Waals surface area contributed by atoms with Crippen LogP contribution in [0.2, 0.25) is 0 Å². The minimum atomic E-state index is -3.51. The number of amides is 1. The van der Waals surface area contributed by atoms with Crippen molar-refractivity contribution in [2.75, 3.05) is 31.1 Å². The summed E-state index contributed by atoms with van der Waals surface area (Å²) in [6.07, 6.45) is 7.14. The summed E-state index contributed by atoms with van der Waals surface area (Å²) in [6, 6.07) is 1.44. The van der Waals surface area contributed by atoms with E-state index in [4.69, 9.17) is 0 Å². The van der Waals surface area contributed by atoms with E-state index >= 15 is 0 Å². The standard InChI is InChI=1S/C18H31N3O3S2/c1-15(2)7-5-3-4-6-8-19-18(22)17-13-16(14-20-17)26(23,24)21-9-11-25-12-10-21/h13-15,20H,3-12H2,1-2H3,(H,19,22). The highest BCUT2D eigenvalue weighted by Gasteiger charge is 2.27. The second kappa shape index (κ2) is 10.4. The number of aromatic amines is 1. The van der Waals surface area contributed by atoms with Gasteiger partial charge < -0.3 is 10.3 Å². The van der Waals surface area contributed by atoms with Crippen LogP contribution in [0.15, 0.2) is 17.2 Å². The number of aromatic nitrogens is 1. The van der Waals surface area contributed by atoms with Crippen LogP contribution in [0.5, 0.6) is 0 Å². The van der Waals surface area contributed by atoms with Crippen LogP contribution in [0.25, 0.3) is 0 Å². The largest absolute Gasteiger partial charge is 0.356 e. The van der Waals surface area contributed by atoms with Crippen molar-refractivity contribution in [1.29, 1.82) is 0 Å². The van der Waals surface area contributed by atoms with Gasteiger partial charge in [0.1, 0.15) is 10.6 Å². The van der Waals surface area contributed by atoms with Crippen LogP contribution in [0.1, 0.15) is 56.4 Å². The molecule has 0 bridgehead atoms. The minimum absolute atomic E-state index is 0.170. The predicted octanol–water partition coefficient (Wildman–Crippen LogP) is 3.09. The van der Waals surface area contributed by atoms with Gasteiger partial charge in [-0.25, -0.2) is 8.42 Å². The van der Waals surface area contributed by atoms with E-state index in [-0.39, 0.29) is 10.8 Å². The molecular formula is C18H31N3O3S2. The summed E-state index contributed by atoms with van der Waals surface area (Å²) in [5, 5.41) is 2.86. The van der Waals surface area contributed by atoms with Crippen molar-refractivity contribution in [3.63, 3.8) is 0 Å². The Balaban J connectivity index is 1.77. The van der Waals surface area contributed by atoms with Crippen molar-refractivity contribution in [2.24, 2.45) is 5.92 Å². The highest BCUT2D eigenvalue weighted by atomic mass is 32.2.